The summed E-state index contributed by atoms with van der Waals surface area (Å²) in [4.78, 5) is 14.6. The Hall–Kier alpha value is -0.610. The fourth-order valence-electron chi connectivity index (χ4n) is 3.59. The SMILES string of the molecule is CCOC(=O)C1CNCCN1C1CCCC(C)(C)CC1. The van der Waals surface area contributed by atoms with Crippen LogP contribution in [0.4, 0.5) is 0 Å². The van der Waals surface area contributed by atoms with Crippen molar-refractivity contribution in [3.8, 4) is 0 Å². The standard InChI is InChI=1S/C16H30N2O2/c1-4-20-15(19)14-12-17-10-11-18(14)13-6-5-8-16(2,3)9-7-13/h13-14,17H,4-12H2,1-3H3. The first-order chi connectivity index (χ1) is 9.53. The predicted molar refractivity (Wildman–Crippen MR) is 80.7 cm³/mol. The van der Waals surface area contributed by atoms with Gasteiger partial charge in [-0.15, -0.1) is 0 Å². The van der Waals surface area contributed by atoms with Crippen molar-refractivity contribution in [2.75, 3.05) is 26.2 Å². The number of carbonyl (C=O) groups excluding carboxylic acids is 1. The van der Waals surface area contributed by atoms with E-state index >= 15 is 0 Å². The summed E-state index contributed by atoms with van der Waals surface area (Å²) in [6.45, 7) is 9.78. The van der Waals surface area contributed by atoms with Crippen LogP contribution in [-0.2, 0) is 9.53 Å². The first kappa shape index (κ1) is 15.8. The Morgan fingerprint density at radius 3 is 2.90 bits per heavy atom. The second-order valence-electron chi connectivity index (χ2n) is 6.96. The molecule has 1 heterocycles. The molecule has 2 unspecified atom stereocenters. The van der Waals surface area contributed by atoms with Crippen molar-refractivity contribution in [1.29, 1.82) is 0 Å². The Bertz CT molecular complexity index is 330. The van der Waals surface area contributed by atoms with Crippen LogP contribution in [0.2, 0.25) is 0 Å². The van der Waals surface area contributed by atoms with Crippen molar-refractivity contribution in [3.63, 3.8) is 0 Å². The van der Waals surface area contributed by atoms with Crippen molar-refractivity contribution in [2.24, 2.45) is 5.41 Å². The van der Waals surface area contributed by atoms with E-state index in [1.54, 1.807) is 0 Å². The van der Waals surface area contributed by atoms with E-state index in [1.165, 1.54) is 32.1 Å². The van der Waals surface area contributed by atoms with Crippen molar-refractivity contribution in [2.45, 2.75) is 65.0 Å². The minimum Gasteiger partial charge on any atom is -0.465 e. The zero-order chi connectivity index (χ0) is 14.6. The van der Waals surface area contributed by atoms with Gasteiger partial charge in [0, 0.05) is 25.7 Å². The van der Waals surface area contributed by atoms with Gasteiger partial charge in [-0.2, -0.15) is 0 Å². The lowest BCUT2D eigenvalue weighted by Crippen LogP contribution is -2.58. The molecule has 116 valence electrons. The number of ether oxygens (including phenoxy) is 1. The number of hydrogen-bond donors (Lipinski definition) is 1. The summed E-state index contributed by atoms with van der Waals surface area (Å²) < 4.78 is 5.25. The van der Waals surface area contributed by atoms with Gasteiger partial charge in [0.2, 0.25) is 0 Å². The van der Waals surface area contributed by atoms with Crippen molar-refractivity contribution in [1.82, 2.24) is 10.2 Å². The number of nitrogens with one attached hydrogen (secondary N) is 1. The van der Waals surface area contributed by atoms with Gasteiger partial charge >= 0.3 is 5.97 Å². The molecule has 0 aromatic heterocycles. The molecular formula is C16H30N2O2. The summed E-state index contributed by atoms with van der Waals surface area (Å²) in [7, 11) is 0. The molecule has 1 saturated carbocycles. The van der Waals surface area contributed by atoms with Crippen LogP contribution in [0.5, 0.6) is 0 Å². The number of esters is 1. The maximum absolute atomic E-state index is 12.2. The predicted octanol–water partition coefficient (Wildman–Crippen LogP) is 2.18. The Balaban J connectivity index is 2.02. The van der Waals surface area contributed by atoms with E-state index < -0.39 is 0 Å². The highest BCUT2D eigenvalue weighted by Gasteiger charge is 2.36. The van der Waals surface area contributed by atoms with Gasteiger partial charge in [0.05, 0.1) is 6.61 Å². The summed E-state index contributed by atoms with van der Waals surface area (Å²) >= 11 is 0. The molecule has 1 aliphatic carbocycles. The van der Waals surface area contributed by atoms with Crippen LogP contribution in [-0.4, -0.2) is 49.2 Å². The number of carbonyl (C=O) groups is 1. The van der Waals surface area contributed by atoms with E-state index in [2.05, 4.69) is 24.1 Å². The second-order valence-corrected chi connectivity index (χ2v) is 6.96. The zero-order valence-electron chi connectivity index (χ0n) is 13.3. The monoisotopic (exact) mass is 282 g/mol. The molecule has 2 rings (SSSR count). The Kier molecular flexibility index (Phi) is 5.44. The van der Waals surface area contributed by atoms with E-state index in [1.807, 2.05) is 6.92 Å². The highest BCUT2D eigenvalue weighted by Crippen LogP contribution is 2.36. The number of nitrogens with zero attached hydrogens (tertiary/aromatic N) is 1. The van der Waals surface area contributed by atoms with Crippen molar-refractivity contribution >= 4 is 5.97 Å². The fraction of sp³-hybridized carbons (Fsp3) is 0.938. The zero-order valence-corrected chi connectivity index (χ0v) is 13.3. The lowest BCUT2D eigenvalue weighted by Gasteiger charge is -2.40. The quantitative estimate of drug-likeness (QED) is 0.636. The topological polar surface area (TPSA) is 41.6 Å². The molecular weight excluding hydrogens is 252 g/mol. The van der Waals surface area contributed by atoms with Crippen LogP contribution in [0.15, 0.2) is 0 Å². The van der Waals surface area contributed by atoms with Crippen LogP contribution in [0.25, 0.3) is 0 Å². The summed E-state index contributed by atoms with van der Waals surface area (Å²) in [6, 6.07) is 0.461. The molecule has 2 fully saturated rings. The maximum Gasteiger partial charge on any atom is 0.324 e. The molecule has 0 amide bonds. The molecule has 2 aliphatic rings. The molecule has 2 atom stereocenters. The second kappa shape index (κ2) is 6.90. The highest BCUT2D eigenvalue weighted by molar-refractivity contribution is 5.76. The summed E-state index contributed by atoms with van der Waals surface area (Å²) in [5.41, 5.74) is 0.461. The van der Waals surface area contributed by atoms with Gasteiger partial charge in [-0.1, -0.05) is 20.3 Å². The van der Waals surface area contributed by atoms with E-state index in [-0.39, 0.29) is 12.0 Å². The van der Waals surface area contributed by atoms with E-state index in [0.717, 1.165) is 19.6 Å². The van der Waals surface area contributed by atoms with Crippen LogP contribution < -0.4 is 5.32 Å². The van der Waals surface area contributed by atoms with Crippen LogP contribution in [0.3, 0.4) is 0 Å². The average molecular weight is 282 g/mol. The molecule has 0 bridgehead atoms. The van der Waals surface area contributed by atoms with E-state index in [0.29, 0.717) is 18.1 Å². The Morgan fingerprint density at radius 2 is 2.15 bits per heavy atom. The molecule has 4 heteroatoms. The highest BCUT2D eigenvalue weighted by atomic mass is 16.5. The van der Waals surface area contributed by atoms with Crippen LogP contribution >= 0.6 is 0 Å². The lowest BCUT2D eigenvalue weighted by atomic mass is 9.85. The molecule has 1 saturated heterocycles. The molecule has 0 radical (unpaired) electrons. The van der Waals surface area contributed by atoms with Crippen molar-refractivity contribution in [3.05, 3.63) is 0 Å². The van der Waals surface area contributed by atoms with E-state index in [4.69, 9.17) is 4.74 Å². The normalized spacial score (nSPS) is 31.6. The van der Waals surface area contributed by atoms with Gasteiger partial charge in [-0.25, -0.2) is 0 Å². The number of rotatable bonds is 3. The molecule has 0 aromatic carbocycles. The number of piperazine rings is 1. The third-order valence-corrected chi connectivity index (χ3v) is 4.86. The first-order valence-electron chi connectivity index (χ1n) is 8.16. The van der Waals surface area contributed by atoms with Gasteiger partial charge in [0.1, 0.15) is 6.04 Å². The van der Waals surface area contributed by atoms with Crippen LogP contribution in [0.1, 0.15) is 52.9 Å². The Labute approximate surface area is 123 Å². The maximum atomic E-state index is 12.2. The van der Waals surface area contributed by atoms with Gasteiger partial charge in [-0.3, -0.25) is 9.69 Å². The molecule has 1 aliphatic heterocycles. The summed E-state index contributed by atoms with van der Waals surface area (Å²) in [5, 5.41) is 3.33. The minimum absolute atomic E-state index is 0.0526. The smallest absolute Gasteiger partial charge is 0.324 e. The molecule has 1 N–H and O–H groups in total. The number of hydrogen-bond acceptors (Lipinski definition) is 4. The minimum atomic E-state index is -0.0880. The lowest BCUT2D eigenvalue weighted by molar-refractivity contribution is -0.151. The first-order valence-corrected chi connectivity index (χ1v) is 8.16. The third-order valence-electron chi connectivity index (χ3n) is 4.86. The fourth-order valence-corrected chi connectivity index (χ4v) is 3.59. The molecule has 0 spiro atoms. The summed E-state index contributed by atoms with van der Waals surface area (Å²) in [6.07, 6.45) is 6.27. The average Bonchev–Trinajstić information content (AvgIpc) is 2.60. The van der Waals surface area contributed by atoms with Crippen molar-refractivity contribution < 1.29 is 9.53 Å². The Morgan fingerprint density at radius 1 is 1.35 bits per heavy atom. The largest absolute Gasteiger partial charge is 0.465 e. The van der Waals surface area contributed by atoms with E-state index in [9.17, 15) is 4.79 Å². The molecule has 4 nitrogen and oxygen atoms in total. The van der Waals surface area contributed by atoms with Crippen LogP contribution in [0, 0.1) is 5.41 Å². The van der Waals surface area contributed by atoms with Gasteiger partial charge in [0.25, 0.3) is 0 Å². The van der Waals surface area contributed by atoms with Gasteiger partial charge < -0.3 is 10.1 Å². The van der Waals surface area contributed by atoms with Gasteiger partial charge in [0.15, 0.2) is 0 Å². The molecule has 20 heavy (non-hydrogen) atoms. The third kappa shape index (κ3) is 3.95. The van der Waals surface area contributed by atoms with Gasteiger partial charge in [-0.05, 0) is 38.0 Å². The summed E-state index contributed by atoms with van der Waals surface area (Å²) in [5.74, 6) is -0.0526. The molecule has 0 aromatic rings.